The molecule has 3 heteroatoms. The average Bonchev–Trinajstić information content (AvgIpc) is 1.65. The van der Waals surface area contributed by atoms with Crippen molar-refractivity contribution in [1.29, 1.82) is 0 Å². The van der Waals surface area contributed by atoms with Crippen molar-refractivity contribution in [3.63, 3.8) is 0 Å². The van der Waals surface area contributed by atoms with Crippen LogP contribution < -0.4 is 0 Å². The predicted octanol–water partition coefficient (Wildman–Crippen LogP) is 3.20. The van der Waals surface area contributed by atoms with Crippen LogP contribution in [0.25, 0.3) is 0 Å². The minimum Gasteiger partial charge on any atom is -0.123 e. The Kier molecular flexibility index (Phi) is 5.23. The first kappa shape index (κ1) is 8.87. The number of hydrogen-bond donors (Lipinski definition) is 0. The van der Waals surface area contributed by atoms with Gasteiger partial charge in [-0.15, -0.1) is 34.8 Å². The first-order chi connectivity index (χ1) is 3.66. The molecule has 50 valence electrons. The fourth-order valence-corrected chi connectivity index (χ4v) is 1.15. The van der Waals surface area contributed by atoms with E-state index in [1.807, 2.05) is 6.92 Å². The number of halogens is 3. The Morgan fingerprint density at radius 2 is 1.75 bits per heavy atom. The van der Waals surface area contributed by atoms with Crippen LogP contribution in [0, 0.1) is 0 Å². The van der Waals surface area contributed by atoms with Crippen LogP contribution in [0.4, 0.5) is 0 Å². The molecule has 1 atom stereocenters. The van der Waals surface area contributed by atoms with Gasteiger partial charge in [0.05, 0.1) is 0 Å². The van der Waals surface area contributed by atoms with Crippen LogP contribution in [0.15, 0.2) is 0 Å². The molecule has 0 amide bonds. The zero-order valence-corrected chi connectivity index (χ0v) is 6.97. The van der Waals surface area contributed by atoms with Gasteiger partial charge in [0.25, 0.3) is 0 Å². The van der Waals surface area contributed by atoms with E-state index in [9.17, 15) is 0 Å². The van der Waals surface area contributed by atoms with Gasteiger partial charge in [-0.1, -0.05) is 6.92 Å². The van der Waals surface area contributed by atoms with Crippen LogP contribution in [0.2, 0.25) is 0 Å². The fraction of sp³-hybridized carbons (Fsp3) is 1.00. The molecule has 0 aromatic carbocycles. The molecular formula is C5H9Cl3. The summed E-state index contributed by atoms with van der Waals surface area (Å²) in [6.07, 6.45) is 1.61. The van der Waals surface area contributed by atoms with Crippen molar-refractivity contribution in [2.45, 2.75) is 30.0 Å². The third-order valence-corrected chi connectivity index (χ3v) is 1.72. The third-order valence-electron chi connectivity index (χ3n) is 0.877. The molecule has 0 saturated heterocycles. The van der Waals surface area contributed by atoms with Crippen LogP contribution >= 0.6 is 34.8 Å². The van der Waals surface area contributed by atoms with Gasteiger partial charge < -0.3 is 0 Å². The monoisotopic (exact) mass is 174 g/mol. The quantitative estimate of drug-likeness (QED) is 0.578. The zero-order valence-electron chi connectivity index (χ0n) is 4.70. The van der Waals surface area contributed by atoms with Gasteiger partial charge >= 0.3 is 0 Å². The summed E-state index contributed by atoms with van der Waals surface area (Å²) in [7, 11) is 0. The molecule has 0 bridgehead atoms. The smallest absolute Gasteiger partial charge is 0.109 e. The topological polar surface area (TPSA) is 0 Å². The van der Waals surface area contributed by atoms with Crippen molar-refractivity contribution < 1.29 is 0 Å². The third kappa shape index (κ3) is 5.02. The number of rotatable bonds is 3. The van der Waals surface area contributed by atoms with Gasteiger partial charge in [0.2, 0.25) is 0 Å². The fourth-order valence-electron chi connectivity index (χ4n) is 0.360. The van der Waals surface area contributed by atoms with E-state index in [1.165, 1.54) is 0 Å². The Hall–Kier alpha value is 0.870. The van der Waals surface area contributed by atoms with E-state index in [4.69, 9.17) is 34.8 Å². The molecule has 0 aliphatic carbocycles. The second kappa shape index (κ2) is 4.72. The van der Waals surface area contributed by atoms with E-state index in [1.54, 1.807) is 0 Å². The molecule has 0 saturated carbocycles. The van der Waals surface area contributed by atoms with Crippen molar-refractivity contribution in [1.82, 2.24) is 0 Å². The highest BCUT2D eigenvalue weighted by molar-refractivity contribution is 6.44. The summed E-state index contributed by atoms with van der Waals surface area (Å²) >= 11 is 16.6. The molecule has 8 heavy (non-hydrogen) atoms. The van der Waals surface area contributed by atoms with E-state index in [0.29, 0.717) is 6.42 Å². The first-order valence-corrected chi connectivity index (χ1v) is 3.90. The van der Waals surface area contributed by atoms with E-state index >= 15 is 0 Å². The summed E-state index contributed by atoms with van der Waals surface area (Å²) in [4.78, 5) is -0.308. The van der Waals surface area contributed by atoms with Crippen molar-refractivity contribution in [3.8, 4) is 0 Å². The van der Waals surface area contributed by atoms with E-state index in [0.717, 1.165) is 6.42 Å². The van der Waals surface area contributed by atoms with Gasteiger partial charge in [-0.3, -0.25) is 0 Å². The molecular weight excluding hydrogens is 166 g/mol. The van der Waals surface area contributed by atoms with Crippen molar-refractivity contribution in [3.05, 3.63) is 0 Å². The van der Waals surface area contributed by atoms with Crippen molar-refractivity contribution in [2.75, 3.05) is 0 Å². The Morgan fingerprint density at radius 1 is 1.25 bits per heavy atom. The molecule has 0 aliphatic rings. The molecule has 1 unspecified atom stereocenters. The molecule has 0 aromatic heterocycles. The minimum absolute atomic E-state index is 0.134. The SMILES string of the molecule is CCC(Cl)CC(Cl)Cl. The van der Waals surface area contributed by atoms with Crippen LogP contribution in [0.5, 0.6) is 0 Å². The summed E-state index contributed by atoms with van der Waals surface area (Å²) in [5.41, 5.74) is 0. The maximum atomic E-state index is 5.69. The van der Waals surface area contributed by atoms with Crippen molar-refractivity contribution >= 4 is 34.8 Å². The second-order valence-corrected chi connectivity index (χ2v) is 3.53. The summed E-state index contributed by atoms with van der Waals surface area (Å²) in [6.45, 7) is 2.01. The summed E-state index contributed by atoms with van der Waals surface area (Å²) in [5, 5.41) is 0.134. The lowest BCUT2D eigenvalue weighted by atomic mass is 10.3. The zero-order chi connectivity index (χ0) is 6.57. The molecule has 0 fully saturated rings. The maximum Gasteiger partial charge on any atom is 0.109 e. The molecule has 0 nitrogen and oxygen atoms in total. The molecule has 0 spiro atoms. The van der Waals surface area contributed by atoms with Crippen LogP contribution in [0.3, 0.4) is 0 Å². The lowest BCUT2D eigenvalue weighted by Gasteiger charge is -2.04. The first-order valence-electron chi connectivity index (χ1n) is 2.59. The van der Waals surface area contributed by atoms with Gasteiger partial charge in [0.15, 0.2) is 0 Å². The molecule has 0 heterocycles. The number of alkyl halides is 3. The molecule has 0 aliphatic heterocycles. The van der Waals surface area contributed by atoms with Gasteiger partial charge in [-0.2, -0.15) is 0 Å². The lowest BCUT2D eigenvalue weighted by Crippen LogP contribution is -2.00. The Morgan fingerprint density at radius 3 is 1.88 bits per heavy atom. The molecule has 0 rings (SSSR count). The summed E-state index contributed by atoms with van der Waals surface area (Å²) in [6, 6.07) is 0. The van der Waals surface area contributed by atoms with Crippen LogP contribution in [0.1, 0.15) is 19.8 Å². The van der Waals surface area contributed by atoms with E-state index < -0.39 is 0 Å². The van der Waals surface area contributed by atoms with Crippen molar-refractivity contribution in [2.24, 2.45) is 0 Å². The highest BCUT2D eigenvalue weighted by atomic mass is 35.5. The highest BCUT2D eigenvalue weighted by Crippen LogP contribution is 2.15. The predicted molar refractivity (Wildman–Crippen MR) is 40.0 cm³/mol. The normalized spacial score (nSPS) is 14.6. The van der Waals surface area contributed by atoms with Crippen LogP contribution in [-0.2, 0) is 0 Å². The average molecular weight is 175 g/mol. The van der Waals surface area contributed by atoms with Gasteiger partial charge in [0, 0.05) is 5.38 Å². The molecule has 0 N–H and O–H groups in total. The summed E-state index contributed by atoms with van der Waals surface area (Å²) in [5.74, 6) is 0. The van der Waals surface area contributed by atoms with E-state index in [-0.39, 0.29) is 10.2 Å². The standard InChI is InChI=1S/C5H9Cl3/c1-2-4(6)3-5(7)8/h4-5H,2-3H2,1H3. The summed E-state index contributed by atoms with van der Waals surface area (Å²) < 4.78 is 0. The Labute approximate surface area is 65.1 Å². The second-order valence-electron chi connectivity index (χ2n) is 1.63. The number of hydrogen-bond acceptors (Lipinski definition) is 0. The molecule has 0 aromatic rings. The largest absolute Gasteiger partial charge is 0.123 e. The Balaban J connectivity index is 3.10. The van der Waals surface area contributed by atoms with E-state index in [2.05, 4.69) is 0 Å². The lowest BCUT2D eigenvalue weighted by molar-refractivity contribution is 0.767. The maximum absolute atomic E-state index is 5.69. The van der Waals surface area contributed by atoms with Gasteiger partial charge in [0.1, 0.15) is 4.84 Å². The Bertz CT molecular complexity index is 53.6. The molecule has 0 radical (unpaired) electrons. The van der Waals surface area contributed by atoms with Crippen LogP contribution in [-0.4, -0.2) is 10.2 Å². The van der Waals surface area contributed by atoms with Gasteiger partial charge in [-0.05, 0) is 12.8 Å². The van der Waals surface area contributed by atoms with Gasteiger partial charge in [-0.25, -0.2) is 0 Å². The minimum atomic E-state index is -0.308. The highest BCUT2D eigenvalue weighted by Gasteiger charge is 2.05.